The molecule has 0 bridgehead atoms. The standard InChI is InChI=1S/C23H25FN4O4/c1-32-14-13-27-21(25)20(22(30)26-23(27)31)28(15-17-5-3-2-4-6-17)19(29)12-9-16-7-10-18(24)11-8-16/h2-8,10-11H,9,12-15,25H2,1H3,(H,26,30,31). The molecule has 0 saturated heterocycles. The number of hydrogen-bond donors (Lipinski definition) is 2. The van der Waals surface area contributed by atoms with Gasteiger partial charge in [0.1, 0.15) is 11.6 Å². The Bertz CT molecular complexity index is 1170. The molecule has 2 aromatic carbocycles. The lowest BCUT2D eigenvalue weighted by Crippen LogP contribution is -2.41. The molecule has 0 aliphatic rings. The van der Waals surface area contributed by atoms with Crippen molar-refractivity contribution in [2.75, 3.05) is 24.4 Å². The van der Waals surface area contributed by atoms with Crippen molar-refractivity contribution in [3.8, 4) is 0 Å². The minimum atomic E-state index is -0.743. The summed E-state index contributed by atoms with van der Waals surface area (Å²) in [5.41, 5.74) is 6.26. The van der Waals surface area contributed by atoms with E-state index in [0.29, 0.717) is 6.42 Å². The lowest BCUT2D eigenvalue weighted by Gasteiger charge is -2.25. The van der Waals surface area contributed by atoms with Crippen LogP contribution in [0.15, 0.2) is 64.2 Å². The Morgan fingerprint density at radius 3 is 2.44 bits per heavy atom. The number of nitrogens with one attached hydrogen (secondary N) is 1. The number of aromatic amines is 1. The summed E-state index contributed by atoms with van der Waals surface area (Å²) in [5.74, 6) is -0.822. The van der Waals surface area contributed by atoms with Crippen LogP contribution in [0.1, 0.15) is 17.5 Å². The number of methoxy groups -OCH3 is 1. The molecule has 0 saturated carbocycles. The molecule has 32 heavy (non-hydrogen) atoms. The third-order valence-corrected chi connectivity index (χ3v) is 5.03. The zero-order valence-electron chi connectivity index (χ0n) is 17.7. The second kappa shape index (κ2) is 10.5. The van der Waals surface area contributed by atoms with E-state index in [-0.39, 0.29) is 49.3 Å². The van der Waals surface area contributed by atoms with Gasteiger partial charge in [0.05, 0.1) is 19.7 Å². The molecule has 0 radical (unpaired) electrons. The van der Waals surface area contributed by atoms with E-state index in [0.717, 1.165) is 11.1 Å². The number of rotatable bonds is 9. The Balaban J connectivity index is 1.97. The monoisotopic (exact) mass is 440 g/mol. The van der Waals surface area contributed by atoms with Crippen LogP contribution in [0.25, 0.3) is 0 Å². The topological polar surface area (TPSA) is 110 Å². The fourth-order valence-electron chi connectivity index (χ4n) is 3.34. The number of ether oxygens (including phenoxy) is 1. The Kier molecular flexibility index (Phi) is 7.56. The molecule has 9 heteroatoms. The number of aryl methyl sites for hydroxylation is 1. The average Bonchev–Trinajstić information content (AvgIpc) is 2.78. The number of H-pyrrole nitrogens is 1. The number of hydrogen-bond acceptors (Lipinski definition) is 5. The predicted octanol–water partition coefficient (Wildman–Crippen LogP) is 2.07. The molecule has 1 heterocycles. The van der Waals surface area contributed by atoms with Crippen LogP contribution >= 0.6 is 0 Å². The molecule has 0 atom stereocenters. The smallest absolute Gasteiger partial charge is 0.330 e. The van der Waals surface area contributed by atoms with E-state index in [1.54, 1.807) is 12.1 Å². The van der Waals surface area contributed by atoms with Gasteiger partial charge in [0.2, 0.25) is 5.91 Å². The highest BCUT2D eigenvalue weighted by atomic mass is 19.1. The molecule has 1 aromatic heterocycles. The number of nitrogens with two attached hydrogens (primary N) is 1. The van der Waals surface area contributed by atoms with Crippen molar-refractivity contribution in [2.45, 2.75) is 25.9 Å². The van der Waals surface area contributed by atoms with Gasteiger partial charge in [0.25, 0.3) is 5.56 Å². The Labute approximate surface area is 184 Å². The maximum Gasteiger partial charge on any atom is 0.330 e. The summed E-state index contributed by atoms with van der Waals surface area (Å²) in [7, 11) is 1.48. The van der Waals surface area contributed by atoms with E-state index in [4.69, 9.17) is 10.5 Å². The molecule has 3 N–H and O–H groups in total. The summed E-state index contributed by atoms with van der Waals surface area (Å²) < 4.78 is 19.3. The van der Waals surface area contributed by atoms with Crippen LogP contribution in [0.4, 0.5) is 15.9 Å². The van der Waals surface area contributed by atoms with Crippen molar-refractivity contribution < 1.29 is 13.9 Å². The van der Waals surface area contributed by atoms with Crippen LogP contribution in [-0.2, 0) is 29.0 Å². The molecular formula is C23H25FN4O4. The number of carbonyl (C=O) groups is 1. The average molecular weight is 440 g/mol. The molecule has 168 valence electrons. The van der Waals surface area contributed by atoms with Gasteiger partial charge >= 0.3 is 5.69 Å². The maximum absolute atomic E-state index is 13.2. The first-order valence-corrected chi connectivity index (χ1v) is 10.1. The van der Waals surface area contributed by atoms with E-state index in [9.17, 15) is 18.8 Å². The van der Waals surface area contributed by atoms with E-state index in [1.807, 2.05) is 30.3 Å². The van der Waals surface area contributed by atoms with Crippen LogP contribution in [0.2, 0.25) is 0 Å². The highest BCUT2D eigenvalue weighted by Gasteiger charge is 2.24. The summed E-state index contributed by atoms with van der Waals surface area (Å²) in [6.07, 6.45) is 0.417. The number of aromatic nitrogens is 2. The maximum atomic E-state index is 13.2. The van der Waals surface area contributed by atoms with E-state index >= 15 is 0 Å². The third-order valence-electron chi connectivity index (χ3n) is 5.03. The number of nitrogens with zero attached hydrogens (tertiary/aromatic N) is 2. The van der Waals surface area contributed by atoms with Crippen LogP contribution in [0, 0.1) is 5.82 Å². The molecule has 0 spiro atoms. The van der Waals surface area contributed by atoms with Gasteiger partial charge in [-0.05, 0) is 29.7 Å². The summed E-state index contributed by atoms with van der Waals surface area (Å²) in [4.78, 5) is 41.7. The Morgan fingerprint density at radius 2 is 1.78 bits per heavy atom. The van der Waals surface area contributed by atoms with E-state index in [2.05, 4.69) is 4.98 Å². The predicted molar refractivity (Wildman–Crippen MR) is 120 cm³/mol. The molecule has 0 aliphatic heterocycles. The minimum absolute atomic E-state index is 0.0640. The fourth-order valence-corrected chi connectivity index (χ4v) is 3.34. The normalized spacial score (nSPS) is 10.8. The van der Waals surface area contributed by atoms with Gasteiger partial charge in [0, 0.05) is 13.5 Å². The molecule has 3 rings (SSSR count). The van der Waals surface area contributed by atoms with Crippen molar-refractivity contribution in [3.63, 3.8) is 0 Å². The highest BCUT2D eigenvalue weighted by Crippen LogP contribution is 2.21. The zero-order valence-corrected chi connectivity index (χ0v) is 17.7. The molecule has 0 unspecified atom stereocenters. The molecule has 1 amide bonds. The van der Waals surface area contributed by atoms with Crippen LogP contribution in [-0.4, -0.2) is 29.2 Å². The van der Waals surface area contributed by atoms with Crippen molar-refractivity contribution in [2.24, 2.45) is 0 Å². The molecule has 0 aliphatic carbocycles. The van der Waals surface area contributed by atoms with Crippen LogP contribution in [0.5, 0.6) is 0 Å². The molecule has 0 fully saturated rings. The highest BCUT2D eigenvalue weighted by molar-refractivity contribution is 5.95. The van der Waals surface area contributed by atoms with Crippen molar-refractivity contribution >= 4 is 17.4 Å². The van der Waals surface area contributed by atoms with Crippen LogP contribution < -0.4 is 21.9 Å². The van der Waals surface area contributed by atoms with E-state index < -0.39 is 11.2 Å². The van der Waals surface area contributed by atoms with Crippen molar-refractivity contribution in [1.29, 1.82) is 0 Å². The van der Waals surface area contributed by atoms with Gasteiger partial charge in [-0.3, -0.25) is 19.1 Å². The van der Waals surface area contributed by atoms with Gasteiger partial charge < -0.3 is 15.4 Å². The summed E-state index contributed by atoms with van der Waals surface area (Å²) in [6, 6.07) is 15.0. The number of carbonyl (C=O) groups excluding carboxylic acids is 1. The summed E-state index contributed by atoms with van der Waals surface area (Å²) >= 11 is 0. The van der Waals surface area contributed by atoms with Crippen molar-refractivity contribution in [3.05, 3.63) is 92.4 Å². The lowest BCUT2D eigenvalue weighted by atomic mass is 10.1. The molecular weight excluding hydrogens is 415 g/mol. The number of benzene rings is 2. The van der Waals surface area contributed by atoms with Gasteiger partial charge in [-0.15, -0.1) is 0 Å². The van der Waals surface area contributed by atoms with E-state index in [1.165, 1.54) is 28.7 Å². The largest absolute Gasteiger partial charge is 0.383 e. The summed E-state index contributed by atoms with van der Waals surface area (Å²) in [6.45, 7) is 0.416. The lowest BCUT2D eigenvalue weighted by molar-refractivity contribution is -0.118. The molecule has 8 nitrogen and oxygen atoms in total. The third kappa shape index (κ3) is 5.50. The quantitative estimate of drug-likeness (QED) is 0.529. The Morgan fingerprint density at radius 1 is 1.09 bits per heavy atom. The minimum Gasteiger partial charge on any atom is -0.383 e. The fraction of sp³-hybridized carbons (Fsp3) is 0.261. The van der Waals surface area contributed by atoms with Crippen LogP contribution in [0.3, 0.4) is 0 Å². The first kappa shape index (κ1) is 23.0. The van der Waals surface area contributed by atoms with Gasteiger partial charge in [0.15, 0.2) is 5.69 Å². The van der Waals surface area contributed by atoms with Gasteiger partial charge in [-0.25, -0.2) is 9.18 Å². The Hall–Kier alpha value is -3.72. The van der Waals surface area contributed by atoms with Crippen molar-refractivity contribution in [1.82, 2.24) is 9.55 Å². The number of anilines is 2. The second-order valence-corrected chi connectivity index (χ2v) is 7.23. The second-order valence-electron chi connectivity index (χ2n) is 7.23. The SMILES string of the molecule is COCCn1c(N)c(N(Cc2ccccc2)C(=O)CCc2ccc(F)cc2)c(=O)[nH]c1=O. The summed E-state index contributed by atoms with van der Waals surface area (Å²) in [5, 5.41) is 0. The van der Waals surface area contributed by atoms with Gasteiger partial charge in [-0.2, -0.15) is 0 Å². The number of halogens is 1. The number of nitrogen functional groups attached to an aromatic ring is 1. The van der Waals surface area contributed by atoms with Gasteiger partial charge in [-0.1, -0.05) is 42.5 Å². The first-order chi connectivity index (χ1) is 15.4. The number of amides is 1. The zero-order chi connectivity index (χ0) is 23.1. The molecule has 3 aromatic rings. The first-order valence-electron chi connectivity index (χ1n) is 10.1.